The molecule has 1 saturated carbocycles. The molecule has 0 aromatic carbocycles. The number of rotatable bonds is 0. The van der Waals surface area contributed by atoms with Gasteiger partial charge < -0.3 is 10.2 Å². The quantitative estimate of drug-likeness (QED) is 0.401. The molecule has 0 unspecified atom stereocenters. The standard InChI is InChI=1S/C9H14O2/c10-9(11)7-6-8-4-2-1-3-5-8/h8-11H,1-5H2. The van der Waals surface area contributed by atoms with Gasteiger partial charge in [0.2, 0.25) is 6.29 Å². The molecule has 0 heterocycles. The fraction of sp³-hybridized carbons (Fsp3) is 0.778. The van der Waals surface area contributed by atoms with Crippen LogP contribution in [-0.4, -0.2) is 16.5 Å². The van der Waals surface area contributed by atoms with Crippen molar-refractivity contribution in [3.8, 4) is 11.8 Å². The maximum atomic E-state index is 8.46. The van der Waals surface area contributed by atoms with E-state index < -0.39 is 6.29 Å². The molecule has 1 rings (SSSR count). The first kappa shape index (κ1) is 8.58. The van der Waals surface area contributed by atoms with Gasteiger partial charge in [0.25, 0.3) is 0 Å². The van der Waals surface area contributed by atoms with E-state index in [-0.39, 0.29) is 0 Å². The molecule has 0 aliphatic heterocycles. The molecular formula is C9H14O2. The largest absolute Gasteiger partial charge is 0.358 e. The summed E-state index contributed by atoms with van der Waals surface area (Å²) >= 11 is 0. The predicted octanol–water partition coefficient (Wildman–Crippen LogP) is 0.881. The summed E-state index contributed by atoms with van der Waals surface area (Å²) in [5, 5.41) is 16.9. The summed E-state index contributed by atoms with van der Waals surface area (Å²) in [7, 11) is 0. The first-order valence-electron chi connectivity index (χ1n) is 4.16. The summed E-state index contributed by atoms with van der Waals surface area (Å²) in [6.45, 7) is 0. The van der Waals surface area contributed by atoms with Gasteiger partial charge in [-0.3, -0.25) is 0 Å². The topological polar surface area (TPSA) is 40.5 Å². The Labute approximate surface area is 67.2 Å². The lowest BCUT2D eigenvalue weighted by molar-refractivity contribution is 0.0106. The van der Waals surface area contributed by atoms with E-state index in [1.807, 2.05) is 0 Å². The molecule has 0 amide bonds. The highest BCUT2D eigenvalue weighted by Gasteiger charge is 2.09. The van der Waals surface area contributed by atoms with Gasteiger partial charge in [-0.1, -0.05) is 25.2 Å². The molecule has 0 aromatic heterocycles. The predicted molar refractivity (Wildman–Crippen MR) is 42.6 cm³/mol. The molecule has 0 aromatic rings. The van der Waals surface area contributed by atoms with Crippen LogP contribution in [0.2, 0.25) is 0 Å². The molecule has 0 saturated heterocycles. The highest BCUT2D eigenvalue weighted by molar-refractivity contribution is 5.05. The molecule has 1 aliphatic rings. The number of hydrogen-bond donors (Lipinski definition) is 2. The maximum Gasteiger partial charge on any atom is 0.217 e. The van der Waals surface area contributed by atoms with Crippen molar-refractivity contribution in [2.45, 2.75) is 38.4 Å². The Morgan fingerprint density at radius 1 is 1.09 bits per heavy atom. The van der Waals surface area contributed by atoms with Crippen LogP contribution < -0.4 is 0 Å². The smallest absolute Gasteiger partial charge is 0.217 e. The summed E-state index contributed by atoms with van der Waals surface area (Å²) in [5.41, 5.74) is 0. The first-order valence-corrected chi connectivity index (χ1v) is 4.16. The molecule has 1 fully saturated rings. The molecule has 0 atom stereocenters. The van der Waals surface area contributed by atoms with Gasteiger partial charge in [0.05, 0.1) is 0 Å². The minimum absolute atomic E-state index is 0.408. The third-order valence-corrected chi connectivity index (χ3v) is 2.02. The lowest BCUT2D eigenvalue weighted by Gasteiger charge is -2.15. The normalized spacial score (nSPS) is 19.5. The molecule has 11 heavy (non-hydrogen) atoms. The summed E-state index contributed by atoms with van der Waals surface area (Å²) < 4.78 is 0. The van der Waals surface area contributed by atoms with Crippen molar-refractivity contribution in [3.63, 3.8) is 0 Å². The van der Waals surface area contributed by atoms with Crippen LogP contribution >= 0.6 is 0 Å². The SMILES string of the molecule is OC(O)C#CC1CCCCC1. The zero-order valence-corrected chi connectivity index (χ0v) is 6.58. The van der Waals surface area contributed by atoms with E-state index in [1.165, 1.54) is 19.3 Å². The highest BCUT2D eigenvalue weighted by Crippen LogP contribution is 2.22. The minimum Gasteiger partial charge on any atom is -0.358 e. The van der Waals surface area contributed by atoms with Crippen molar-refractivity contribution in [2.75, 3.05) is 0 Å². The van der Waals surface area contributed by atoms with E-state index in [1.54, 1.807) is 0 Å². The van der Waals surface area contributed by atoms with Gasteiger partial charge in [0.1, 0.15) is 0 Å². The number of hydrogen-bond acceptors (Lipinski definition) is 2. The van der Waals surface area contributed by atoms with Crippen molar-refractivity contribution in [2.24, 2.45) is 5.92 Å². The molecule has 1 aliphatic carbocycles. The third-order valence-electron chi connectivity index (χ3n) is 2.02. The Bertz CT molecular complexity index is 158. The zero-order valence-electron chi connectivity index (χ0n) is 6.58. The summed E-state index contributed by atoms with van der Waals surface area (Å²) in [5.74, 6) is 5.66. The van der Waals surface area contributed by atoms with Crippen molar-refractivity contribution in [1.29, 1.82) is 0 Å². The molecule has 0 spiro atoms. The molecule has 0 bridgehead atoms. The highest BCUT2D eigenvalue weighted by atomic mass is 16.5. The van der Waals surface area contributed by atoms with Crippen molar-refractivity contribution in [1.82, 2.24) is 0 Å². The van der Waals surface area contributed by atoms with Crippen LogP contribution in [0.25, 0.3) is 0 Å². The van der Waals surface area contributed by atoms with Gasteiger partial charge >= 0.3 is 0 Å². The number of aliphatic hydroxyl groups is 2. The molecular weight excluding hydrogens is 140 g/mol. The Morgan fingerprint density at radius 3 is 2.27 bits per heavy atom. The van der Waals surface area contributed by atoms with E-state index in [2.05, 4.69) is 11.8 Å². The van der Waals surface area contributed by atoms with Crippen LogP contribution in [0.3, 0.4) is 0 Å². The number of aliphatic hydroxyl groups excluding tert-OH is 1. The van der Waals surface area contributed by atoms with Gasteiger partial charge in [0.15, 0.2) is 0 Å². The fourth-order valence-corrected chi connectivity index (χ4v) is 1.44. The monoisotopic (exact) mass is 154 g/mol. The average Bonchev–Trinajstić information content (AvgIpc) is 2.03. The minimum atomic E-state index is -1.45. The van der Waals surface area contributed by atoms with Gasteiger partial charge in [-0.15, -0.1) is 0 Å². The Kier molecular flexibility index (Phi) is 3.41. The van der Waals surface area contributed by atoms with Crippen LogP contribution in [-0.2, 0) is 0 Å². The summed E-state index contributed by atoms with van der Waals surface area (Å²) in [6.07, 6.45) is 4.58. The van der Waals surface area contributed by atoms with E-state index >= 15 is 0 Å². The third kappa shape index (κ3) is 3.41. The average molecular weight is 154 g/mol. The first-order chi connectivity index (χ1) is 5.29. The molecule has 2 nitrogen and oxygen atoms in total. The van der Waals surface area contributed by atoms with E-state index in [0.29, 0.717) is 5.92 Å². The second-order valence-electron chi connectivity index (χ2n) is 3.00. The molecule has 2 N–H and O–H groups in total. The maximum absolute atomic E-state index is 8.46. The second-order valence-corrected chi connectivity index (χ2v) is 3.00. The Morgan fingerprint density at radius 2 is 1.73 bits per heavy atom. The van der Waals surface area contributed by atoms with Gasteiger partial charge in [-0.2, -0.15) is 0 Å². The van der Waals surface area contributed by atoms with E-state index in [0.717, 1.165) is 12.8 Å². The second kappa shape index (κ2) is 4.38. The lowest BCUT2D eigenvalue weighted by Crippen LogP contribution is -2.05. The van der Waals surface area contributed by atoms with Crippen molar-refractivity contribution < 1.29 is 10.2 Å². The van der Waals surface area contributed by atoms with Crippen LogP contribution in [0.15, 0.2) is 0 Å². The van der Waals surface area contributed by atoms with E-state index in [9.17, 15) is 0 Å². The summed E-state index contributed by atoms with van der Waals surface area (Å²) in [4.78, 5) is 0. The van der Waals surface area contributed by atoms with Crippen LogP contribution in [0, 0.1) is 17.8 Å². The van der Waals surface area contributed by atoms with Crippen molar-refractivity contribution >= 4 is 0 Å². The van der Waals surface area contributed by atoms with Gasteiger partial charge in [-0.05, 0) is 18.8 Å². The fourth-order valence-electron chi connectivity index (χ4n) is 1.44. The molecule has 0 radical (unpaired) electrons. The Balaban J connectivity index is 2.31. The zero-order chi connectivity index (χ0) is 8.10. The lowest BCUT2D eigenvalue weighted by atomic mass is 9.90. The van der Waals surface area contributed by atoms with E-state index in [4.69, 9.17) is 10.2 Å². The van der Waals surface area contributed by atoms with Crippen LogP contribution in [0.5, 0.6) is 0 Å². The summed E-state index contributed by atoms with van der Waals surface area (Å²) in [6, 6.07) is 0. The molecule has 62 valence electrons. The van der Waals surface area contributed by atoms with Crippen LogP contribution in [0.1, 0.15) is 32.1 Å². The van der Waals surface area contributed by atoms with Gasteiger partial charge in [0, 0.05) is 5.92 Å². The Hall–Kier alpha value is -0.520. The van der Waals surface area contributed by atoms with Gasteiger partial charge in [-0.25, -0.2) is 0 Å². The van der Waals surface area contributed by atoms with Crippen LogP contribution in [0.4, 0.5) is 0 Å². The molecule has 2 heteroatoms. The van der Waals surface area contributed by atoms with Crippen molar-refractivity contribution in [3.05, 3.63) is 0 Å².